The van der Waals surface area contributed by atoms with Gasteiger partial charge in [0.2, 0.25) is 5.88 Å². The number of hydrogen-bond donors (Lipinski definition) is 2. The van der Waals surface area contributed by atoms with E-state index < -0.39 is 11.4 Å². The van der Waals surface area contributed by atoms with E-state index in [1.807, 2.05) is 0 Å². The van der Waals surface area contributed by atoms with Crippen molar-refractivity contribution in [3.05, 3.63) is 22.8 Å². The van der Waals surface area contributed by atoms with Crippen molar-refractivity contribution in [2.24, 2.45) is 5.41 Å². The van der Waals surface area contributed by atoms with Crippen molar-refractivity contribution in [2.45, 2.75) is 19.9 Å². The molecule has 22 heavy (non-hydrogen) atoms. The van der Waals surface area contributed by atoms with Gasteiger partial charge in [0.15, 0.2) is 0 Å². The number of rotatable bonds is 4. The molecular formula is C14H18ClN3O4. The van der Waals surface area contributed by atoms with Crippen LogP contribution in [0.3, 0.4) is 0 Å². The first kappa shape index (κ1) is 16.4. The Morgan fingerprint density at radius 3 is 2.86 bits per heavy atom. The van der Waals surface area contributed by atoms with Crippen molar-refractivity contribution in [1.82, 2.24) is 15.2 Å². The van der Waals surface area contributed by atoms with Crippen molar-refractivity contribution in [3.63, 3.8) is 0 Å². The van der Waals surface area contributed by atoms with Gasteiger partial charge in [-0.05, 0) is 25.0 Å². The summed E-state index contributed by atoms with van der Waals surface area (Å²) >= 11 is 5.97. The minimum absolute atomic E-state index is 0.204. The Bertz CT molecular complexity index is 595. The number of ether oxygens (including phenoxy) is 1. The van der Waals surface area contributed by atoms with Crippen molar-refractivity contribution in [3.8, 4) is 5.88 Å². The predicted octanol–water partition coefficient (Wildman–Crippen LogP) is 1.75. The highest BCUT2D eigenvalue weighted by atomic mass is 35.5. The zero-order valence-electron chi connectivity index (χ0n) is 12.4. The molecule has 8 heteroatoms. The van der Waals surface area contributed by atoms with E-state index in [0.29, 0.717) is 23.9 Å². The molecule has 2 N–H and O–H groups in total. The molecule has 1 saturated heterocycles. The van der Waals surface area contributed by atoms with Gasteiger partial charge in [-0.3, -0.25) is 4.79 Å². The van der Waals surface area contributed by atoms with Gasteiger partial charge in [-0.15, -0.1) is 0 Å². The Morgan fingerprint density at radius 2 is 2.32 bits per heavy atom. The standard InChI is InChI=1S/C14H18ClN3O4/c1-14(12(19)20)3-4-18(8-14)13(21)17-7-9-5-10(15)11(22-2)16-6-9/h5-6H,3-4,7-8H2,1-2H3,(H,17,21)(H,19,20). The Kier molecular flexibility index (Phi) is 4.75. The van der Waals surface area contributed by atoms with E-state index in [1.165, 1.54) is 12.0 Å². The van der Waals surface area contributed by atoms with Crippen LogP contribution in [-0.2, 0) is 11.3 Å². The third kappa shape index (κ3) is 3.41. The van der Waals surface area contributed by atoms with Crippen LogP contribution in [0.5, 0.6) is 5.88 Å². The van der Waals surface area contributed by atoms with E-state index in [-0.39, 0.29) is 19.1 Å². The number of aromatic nitrogens is 1. The molecule has 1 unspecified atom stereocenters. The van der Waals surface area contributed by atoms with Gasteiger partial charge >= 0.3 is 12.0 Å². The maximum absolute atomic E-state index is 12.1. The lowest BCUT2D eigenvalue weighted by molar-refractivity contribution is -0.146. The molecule has 0 radical (unpaired) electrons. The summed E-state index contributed by atoms with van der Waals surface area (Å²) in [7, 11) is 1.47. The smallest absolute Gasteiger partial charge is 0.317 e. The van der Waals surface area contributed by atoms with Gasteiger partial charge < -0.3 is 20.1 Å². The van der Waals surface area contributed by atoms with Crippen molar-refractivity contribution < 1.29 is 19.4 Å². The van der Waals surface area contributed by atoms with Gasteiger partial charge in [-0.2, -0.15) is 0 Å². The summed E-state index contributed by atoms with van der Waals surface area (Å²) in [5.41, 5.74) is -0.137. The zero-order chi connectivity index (χ0) is 16.3. The van der Waals surface area contributed by atoms with Crippen LogP contribution in [-0.4, -0.2) is 47.2 Å². The molecule has 0 bridgehead atoms. The van der Waals surface area contributed by atoms with E-state index in [9.17, 15) is 9.59 Å². The number of carboxylic acid groups (broad SMARTS) is 1. The van der Waals surface area contributed by atoms with Gasteiger partial charge in [-0.1, -0.05) is 11.6 Å². The second-order valence-electron chi connectivity index (χ2n) is 5.53. The van der Waals surface area contributed by atoms with Gasteiger partial charge in [-0.25, -0.2) is 9.78 Å². The van der Waals surface area contributed by atoms with Crippen LogP contribution in [0, 0.1) is 5.41 Å². The molecule has 1 aliphatic heterocycles. The first-order valence-corrected chi connectivity index (χ1v) is 7.18. The molecule has 120 valence electrons. The number of nitrogens with zero attached hydrogens (tertiary/aromatic N) is 2. The number of halogens is 1. The number of urea groups is 1. The zero-order valence-corrected chi connectivity index (χ0v) is 13.2. The molecule has 0 aliphatic carbocycles. The number of hydrogen-bond acceptors (Lipinski definition) is 4. The van der Waals surface area contributed by atoms with Crippen molar-refractivity contribution in [2.75, 3.05) is 20.2 Å². The number of carbonyl (C=O) groups excluding carboxylic acids is 1. The quantitative estimate of drug-likeness (QED) is 0.879. The van der Waals surface area contributed by atoms with Crippen LogP contribution >= 0.6 is 11.6 Å². The monoisotopic (exact) mass is 327 g/mol. The number of aliphatic carboxylic acids is 1. The lowest BCUT2D eigenvalue weighted by atomic mass is 9.90. The fourth-order valence-corrected chi connectivity index (χ4v) is 2.58. The topological polar surface area (TPSA) is 91.8 Å². The SMILES string of the molecule is COc1ncc(CNC(=O)N2CCC(C)(C(=O)O)C2)cc1Cl. The molecule has 1 aromatic heterocycles. The second kappa shape index (κ2) is 6.39. The lowest BCUT2D eigenvalue weighted by Crippen LogP contribution is -2.40. The molecule has 0 spiro atoms. The Hall–Kier alpha value is -2.02. The normalized spacial score (nSPS) is 20.8. The van der Waals surface area contributed by atoms with Crippen LogP contribution in [0.25, 0.3) is 0 Å². The highest BCUT2D eigenvalue weighted by molar-refractivity contribution is 6.31. The summed E-state index contributed by atoms with van der Waals surface area (Å²) in [4.78, 5) is 28.8. The minimum atomic E-state index is -0.881. The second-order valence-corrected chi connectivity index (χ2v) is 5.94. The van der Waals surface area contributed by atoms with E-state index >= 15 is 0 Å². The highest BCUT2D eigenvalue weighted by Gasteiger charge is 2.42. The molecular weight excluding hydrogens is 310 g/mol. The van der Waals surface area contributed by atoms with Crippen LogP contribution < -0.4 is 10.1 Å². The largest absolute Gasteiger partial charge is 0.481 e. The summed E-state index contributed by atoms with van der Waals surface area (Å²) in [5.74, 6) is -0.553. The Morgan fingerprint density at radius 1 is 1.59 bits per heavy atom. The summed E-state index contributed by atoms with van der Waals surface area (Å²) in [5, 5.41) is 12.3. The summed E-state index contributed by atoms with van der Waals surface area (Å²) in [6, 6.07) is 1.37. The highest BCUT2D eigenvalue weighted by Crippen LogP contribution is 2.30. The number of amides is 2. The maximum atomic E-state index is 12.1. The van der Waals surface area contributed by atoms with E-state index in [0.717, 1.165) is 5.56 Å². The molecule has 2 rings (SSSR count). The van der Waals surface area contributed by atoms with E-state index in [2.05, 4.69) is 10.3 Å². The third-order valence-electron chi connectivity index (χ3n) is 3.78. The third-order valence-corrected chi connectivity index (χ3v) is 4.05. The van der Waals surface area contributed by atoms with Crippen molar-refractivity contribution in [1.29, 1.82) is 0 Å². The average molecular weight is 328 g/mol. The van der Waals surface area contributed by atoms with Crippen LogP contribution in [0.15, 0.2) is 12.3 Å². The summed E-state index contributed by atoms with van der Waals surface area (Å²) in [6.45, 7) is 2.54. The van der Waals surface area contributed by atoms with Gasteiger partial charge in [0.05, 0.1) is 12.5 Å². The molecule has 2 heterocycles. The minimum Gasteiger partial charge on any atom is -0.481 e. The molecule has 7 nitrogen and oxygen atoms in total. The first-order chi connectivity index (χ1) is 10.4. The van der Waals surface area contributed by atoms with Crippen LogP contribution in [0.1, 0.15) is 18.9 Å². The predicted molar refractivity (Wildman–Crippen MR) is 80.0 cm³/mol. The Balaban J connectivity index is 1.91. The van der Waals surface area contributed by atoms with Crippen LogP contribution in [0.2, 0.25) is 5.02 Å². The van der Waals surface area contributed by atoms with E-state index in [4.69, 9.17) is 21.4 Å². The molecule has 1 fully saturated rings. The number of likely N-dealkylation sites (tertiary alicyclic amines) is 1. The number of pyridine rings is 1. The number of carboxylic acids is 1. The molecule has 0 saturated carbocycles. The fraction of sp³-hybridized carbons (Fsp3) is 0.500. The van der Waals surface area contributed by atoms with E-state index in [1.54, 1.807) is 19.2 Å². The molecule has 1 aromatic rings. The fourth-order valence-electron chi connectivity index (χ4n) is 2.31. The maximum Gasteiger partial charge on any atom is 0.317 e. The van der Waals surface area contributed by atoms with Gasteiger partial charge in [0.25, 0.3) is 0 Å². The number of carbonyl (C=O) groups is 2. The molecule has 1 atom stereocenters. The number of nitrogens with one attached hydrogen (secondary N) is 1. The number of methoxy groups -OCH3 is 1. The summed E-state index contributed by atoms with van der Waals surface area (Å²) < 4.78 is 4.96. The molecule has 2 amide bonds. The average Bonchev–Trinajstić information content (AvgIpc) is 2.89. The molecule has 1 aliphatic rings. The Labute approximate surface area is 133 Å². The summed E-state index contributed by atoms with van der Waals surface area (Å²) in [6.07, 6.45) is 2.02. The van der Waals surface area contributed by atoms with Crippen LogP contribution in [0.4, 0.5) is 4.79 Å². The first-order valence-electron chi connectivity index (χ1n) is 6.80. The van der Waals surface area contributed by atoms with Gasteiger partial charge in [0.1, 0.15) is 5.02 Å². The lowest BCUT2D eigenvalue weighted by Gasteiger charge is -2.20. The van der Waals surface area contributed by atoms with Crippen molar-refractivity contribution >= 4 is 23.6 Å². The molecule has 0 aromatic carbocycles. The van der Waals surface area contributed by atoms with Gasteiger partial charge in [0, 0.05) is 25.8 Å².